The zero-order valence-corrected chi connectivity index (χ0v) is 26.0. The number of benzene rings is 2. The molecule has 1 unspecified atom stereocenters. The van der Waals surface area contributed by atoms with E-state index in [2.05, 4.69) is 10.6 Å². The summed E-state index contributed by atoms with van der Waals surface area (Å²) in [6.07, 6.45) is 1.48. The number of hydrogen-bond donors (Lipinski definition) is 3. The third-order valence-electron chi connectivity index (χ3n) is 7.79. The van der Waals surface area contributed by atoms with Gasteiger partial charge in [0.05, 0.1) is 12.0 Å². The summed E-state index contributed by atoms with van der Waals surface area (Å²) in [7, 11) is 0. The Hall–Kier alpha value is -4.05. The molecule has 2 atom stereocenters. The minimum absolute atomic E-state index is 0.171. The van der Waals surface area contributed by atoms with Crippen LogP contribution in [0.15, 0.2) is 50.0 Å². The van der Waals surface area contributed by atoms with Gasteiger partial charge in [0, 0.05) is 27.8 Å². The van der Waals surface area contributed by atoms with Crippen molar-refractivity contribution in [1.29, 1.82) is 0 Å². The molecule has 0 aliphatic carbocycles. The summed E-state index contributed by atoms with van der Waals surface area (Å²) in [4.78, 5) is 51.4. The van der Waals surface area contributed by atoms with Gasteiger partial charge in [0.1, 0.15) is 29.0 Å². The van der Waals surface area contributed by atoms with E-state index in [0.717, 1.165) is 28.7 Å². The van der Waals surface area contributed by atoms with Crippen LogP contribution in [0, 0.1) is 27.7 Å². The van der Waals surface area contributed by atoms with Crippen molar-refractivity contribution < 1.29 is 28.3 Å². The molecule has 2 aromatic heterocycles. The first-order valence-electron chi connectivity index (χ1n) is 14.4. The van der Waals surface area contributed by atoms with E-state index in [-0.39, 0.29) is 17.7 Å². The molecular weight excluding hydrogens is 568 g/mol. The van der Waals surface area contributed by atoms with Crippen LogP contribution in [0.1, 0.15) is 59.8 Å². The lowest BCUT2D eigenvalue weighted by Crippen LogP contribution is -2.52. The van der Waals surface area contributed by atoms with E-state index in [1.54, 1.807) is 6.92 Å². The lowest BCUT2D eigenvalue weighted by atomic mass is 9.98. The first kappa shape index (κ1) is 31.9. The lowest BCUT2D eigenvalue weighted by Gasteiger charge is -2.21. The number of carboxylic acids is 1. The van der Waals surface area contributed by atoms with Crippen LogP contribution in [0.25, 0.3) is 21.9 Å². The fourth-order valence-electron chi connectivity index (χ4n) is 5.10. The Bertz CT molecular complexity index is 1710. The average molecular weight is 607 g/mol. The van der Waals surface area contributed by atoms with Crippen molar-refractivity contribution in [2.24, 2.45) is 0 Å². The Morgan fingerprint density at radius 1 is 0.907 bits per heavy atom. The molecule has 0 aliphatic rings. The molecule has 0 spiro atoms. The summed E-state index contributed by atoms with van der Waals surface area (Å²) in [6.45, 7) is 9.42. The Balaban J connectivity index is 1.49. The third-order valence-corrected chi connectivity index (χ3v) is 8.90. The van der Waals surface area contributed by atoms with Crippen molar-refractivity contribution in [2.75, 3.05) is 5.75 Å². The molecule has 4 rings (SSSR count). The van der Waals surface area contributed by atoms with Gasteiger partial charge in [-0.15, -0.1) is 0 Å². The Morgan fingerprint density at radius 2 is 1.58 bits per heavy atom. The van der Waals surface area contributed by atoms with Crippen molar-refractivity contribution in [3.05, 3.63) is 80.4 Å². The van der Waals surface area contributed by atoms with E-state index in [1.807, 2.05) is 64.1 Å². The van der Waals surface area contributed by atoms with Gasteiger partial charge < -0.3 is 24.6 Å². The number of carbonyl (C=O) groups excluding carboxylic acids is 2. The van der Waals surface area contributed by atoms with Gasteiger partial charge in [-0.25, -0.2) is 9.59 Å². The van der Waals surface area contributed by atoms with E-state index in [4.69, 9.17) is 8.83 Å². The number of furan rings is 1. The summed E-state index contributed by atoms with van der Waals surface area (Å²) < 4.78 is 11.6. The summed E-state index contributed by atoms with van der Waals surface area (Å²) in [6, 6.07) is 9.51. The average Bonchev–Trinajstić information content (AvgIpc) is 3.27. The van der Waals surface area contributed by atoms with Gasteiger partial charge in [0.2, 0.25) is 11.8 Å². The van der Waals surface area contributed by atoms with Crippen LogP contribution in [0.5, 0.6) is 0 Å². The number of amides is 2. The van der Waals surface area contributed by atoms with Crippen LogP contribution in [0.3, 0.4) is 0 Å². The number of aryl methyl sites for hydroxylation is 4. The first-order valence-corrected chi connectivity index (χ1v) is 15.6. The van der Waals surface area contributed by atoms with Crippen molar-refractivity contribution >= 4 is 51.5 Å². The fraction of sp³-hybridized carbons (Fsp3) is 0.394. The van der Waals surface area contributed by atoms with Crippen LogP contribution in [0.2, 0.25) is 0 Å². The maximum atomic E-state index is 13.2. The highest BCUT2D eigenvalue weighted by Crippen LogP contribution is 2.34. The highest BCUT2D eigenvalue weighted by atomic mass is 32.2. The summed E-state index contributed by atoms with van der Waals surface area (Å²) in [5, 5.41) is 16.7. The molecule has 2 aromatic carbocycles. The normalized spacial score (nSPS) is 12.8. The number of thioether (sulfide) groups is 1. The third kappa shape index (κ3) is 7.30. The number of rotatable bonds is 13. The van der Waals surface area contributed by atoms with Gasteiger partial charge >= 0.3 is 11.6 Å². The quantitative estimate of drug-likeness (QED) is 0.170. The van der Waals surface area contributed by atoms with Gasteiger partial charge in [0.15, 0.2) is 0 Å². The van der Waals surface area contributed by atoms with E-state index in [1.165, 1.54) is 11.8 Å². The van der Waals surface area contributed by atoms with Crippen LogP contribution < -0.4 is 16.3 Å². The van der Waals surface area contributed by atoms with Gasteiger partial charge in [0.25, 0.3) is 0 Å². The molecule has 0 bridgehead atoms. The molecular formula is C33H38N2O7S. The number of hydrogen-bond acceptors (Lipinski definition) is 7. The van der Waals surface area contributed by atoms with Gasteiger partial charge in [-0.05, 0) is 56.9 Å². The van der Waals surface area contributed by atoms with E-state index in [9.17, 15) is 24.3 Å². The van der Waals surface area contributed by atoms with Crippen LogP contribution in [0.4, 0.5) is 0 Å². The van der Waals surface area contributed by atoms with E-state index in [0.29, 0.717) is 46.3 Å². The number of carboxylic acid groups (broad SMARTS) is 1. The second kappa shape index (κ2) is 13.9. The molecule has 0 fully saturated rings. The predicted octanol–water partition coefficient (Wildman–Crippen LogP) is 5.49. The minimum Gasteiger partial charge on any atom is -0.480 e. The topological polar surface area (TPSA) is 139 Å². The lowest BCUT2D eigenvalue weighted by molar-refractivity contribution is -0.141. The molecule has 2 amide bonds. The largest absolute Gasteiger partial charge is 0.480 e. The van der Waals surface area contributed by atoms with Crippen molar-refractivity contribution in [2.45, 2.75) is 78.1 Å². The van der Waals surface area contributed by atoms with Crippen molar-refractivity contribution in [1.82, 2.24) is 10.6 Å². The summed E-state index contributed by atoms with van der Waals surface area (Å²) in [5.74, 6) is -0.681. The van der Waals surface area contributed by atoms with E-state index >= 15 is 0 Å². The zero-order valence-electron chi connectivity index (χ0n) is 25.2. The van der Waals surface area contributed by atoms with Gasteiger partial charge in [-0.1, -0.05) is 50.1 Å². The molecule has 0 saturated carbocycles. The Morgan fingerprint density at radius 3 is 2.26 bits per heavy atom. The highest BCUT2D eigenvalue weighted by Gasteiger charge is 2.27. The van der Waals surface area contributed by atoms with Crippen LogP contribution in [-0.2, 0) is 26.6 Å². The molecule has 0 radical (unpaired) electrons. The second-order valence-corrected chi connectivity index (χ2v) is 11.9. The number of carbonyl (C=O) groups is 3. The smallest absolute Gasteiger partial charge is 0.340 e. The molecule has 4 aromatic rings. The SMILES string of the molecule is CCCCC(NC(=O)Cc1c(C)c2cc3c(C)c(C)oc3c(C)c2oc1=O)C(=O)N[C@H](CSCc1ccccc1)C(=O)O. The Labute approximate surface area is 254 Å². The number of unbranched alkanes of at least 4 members (excludes halogenated alkanes) is 1. The molecule has 228 valence electrons. The van der Waals surface area contributed by atoms with Gasteiger partial charge in [-0.2, -0.15) is 11.8 Å². The second-order valence-electron chi connectivity index (χ2n) is 10.9. The van der Waals surface area contributed by atoms with E-state index < -0.39 is 35.5 Å². The molecule has 9 nitrogen and oxygen atoms in total. The zero-order chi connectivity index (χ0) is 31.3. The molecule has 2 heterocycles. The molecule has 0 aliphatic heterocycles. The Kier molecular flexibility index (Phi) is 10.3. The van der Waals surface area contributed by atoms with Crippen LogP contribution >= 0.6 is 11.8 Å². The molecule has 43 heavy (non-hydrogen) atoms. The maximum absolute atomic E-state index is 13.2. The minimum atomic E-state index is -1.15. The maximum Gasteiger partial charge on any atom is 0.340 e. The van der Waals surface area contributed by atoms with Crippen LogP contribution in [-0.4, -0.2) is 40.7 Å². The van der Waals surface area contributed by atoms with Crippen molar-refractivity contribution in [3.63, 3.8) is 0 Å². The molecule has 0 saturated heterocycles. The number of aliphatic carboxylic acids is 1. The molecule has 3 N–H and O–H groups in total. The first-order chi connectivity index (χ1) is 20.5. The summed E-state index contributed by atoms with van der Waals surface area (Å²) >= 11 is 1.40. The number of nitrogens with one attached hydrogen (secondary N) is 2. The molecule has 10 heteroatoms. The predicted molar refractivity (Wildman–Crippen MR) is 169 cm³/mol. The standard InChI is InChI=1S/C33H38N2O7S/c1-6-7-13-26(31(37)35-27(32(38)39)17-43-16-22-11-9-8-10-12-22)34-28(36)15-25-19(3)24-14-23-18(2)21(5)41-29(23)20(4)30(24)42-33(25)40/h8-12,14,26-27H,6-7,13,15-17H2,1-5H3,(H,34,36)(H,35,37)(H,38,39)/t26?,27-/m1/s1. The van der Waals surface area contributed by atoms with Gasteiger partial charge in [-0.3, -0.25) is 9.59 Å². The summed E-state index contributed by atoms with van der Waals surface area (Å²) in [5.41, 5.74) is 4.05. The highest BCUT2D eigenvalue weighted by molar-refractivity contribution is 7.98. The van der Waals surface area contributed by atoms with Crippen molar-refractivity contribution in [3.8, 4) is 0 Å². The monoisotopic (exact) mass is 606 g/mol. The number of fused-ring (bicyclic) bond motifs is 2. The fourth-order valence-corrected chi connectivity index (χ4v) is 6.10.